The van der Waals surface area contributed by atoms with Crippen molar-refractivity contribution in [1.29, 1.82) is 0 Å². The Labute approximate surface area is 139 Å². The van der Waals surface area contributed by atoms with Gasteiger partial charge in [-0.25, -0.2) is 0 Å². The number of piperazine rings is 1. The molecule has 2 unspecified atom stereocenters. The third-order valence-electron chi connectivity index (χ3n) is 5.09. The van der Waals surface area contributed by atoms with Crippen LogP contribution in [0.5, 0.6) is 0 Å². The average molecular weight is 321 g/mol. The smallest absolute Gasteiger partial charge is 0.234 e. The highest BCUT2D eigenvalue weighted by atomic mass is 16.2. The van der Waals surface area contributed by atoms with Gasteiger partial charge in [0, 0.05) is 45.3 Å². The molecule has 6 nitrogen and oxygen atoms in total. The van der Waals surface area contributed by atoms with E-state index in [-0.39, 0.29) is 5.91 Å². The first-order valence-electron chi connectivity index (χ1n) is 9.19. The lowest BCUT2D eigenvalue weighted by Crippen LogP contribution is -2.54. The Morgan fingerprint density at radius 3 is 2.52 bits per heavy atom. The maximum Gasteiger partial charge on any atom is 0.234 e. The van der Waals surface area contributed by atoms with Crippen molar-refractivity contribution in [2.75, 3.05) is 39.8 Å². The number of nitrogens with one attached hydrogen (secondary N) is 2. The number of amides is 1. The first-order chi connectivity index (χ1) is 11.2. The molecular weight excluding hydrogens is 290 g/mol. The molecule has 0 radical (unpaired) electrons. The van der Waals surface area contributed by atoms with Crippen molar-refractivity contribution in [3.63, 3.8) is 0 Å². The van der Waals surface area contributed by atoms with Gasteiger partial charge in [0.05, 0.1) is 6.54 Å². The lowest BCUT2D eigenvalue weighted by atomic mass is 10.2. The highest BCUT2D eigenvalue weighted by Gasteiger charge is 2.37. The molecule has 23 heavy (non-hydrogen) atoms. The molecule has 130 valence electrons. The summed E-state index contributed by atoms with van der Waals surface area (Å²) in [7, 11) is 1.87. The van der Waals surface area contributed by atoms with E-state index in [0.717, 1.165) is 50.9 Å². The van der Waals surface area contributed by atoms with E-state index in [1.54, 1.807) is 0 Å². The zero-order valence-corrected chi connectivity index (χ0v) is 14.6. The van der Waals surface area contributed by atoms with Gasteiger partial charge in [0.25, 0.3) is 0 Å². The van der Waals surface area contributed by atoms with Crippen LogP contribution >= 0.6 is 0 Å². The number of carbonyl (C=O) groups excluding carboxylic acids is 1. The molecule has 0 aromatic carbocycles. The Morgan fingerprint density at radius 1 is 1.17 bits per heavy atom. The minimum atomic E-state index is 0.184. The van der Waals surface area contributed by atoms with Crippen LogP contribution in [0.25, 0.3) is 0 Å². The molecule has 3 fully saturated rings. The molecule has 1 saturated heterocycles. The zero-order valence-electron chi connectivity index (χ0n) is 14.6. The fourth-order valence-electron chi connectivity index (χ4n) is 3.40. The predicted octanol–water partition coefficient (Wildman–Crippen LogP) is 0.647. The summed E-state index contributed by atoms with van der Waals surface area (Å²) in [6.07, 6.45) is 6.18. The second-order valence-corrected chi connectivity index (χ2v) is 7.19. The molecule has 2 saturated carbocycles. The van der Waals surface area contributed by atoms with Crippen LogP contribution in [0.1, 0.15) is 39.0 Å². The SMILES string of the molecule is CCCC1CC1NC(=NC)N1CCN(CC(=O)NC2CC2)CC1. The Balaban J connectivity index is 1.38. The maximum absolute atomic E-state index is 11.9. The highest BCUT2D eigenvalue weighted by molar-refractivity contribution is 5.81. The van der Waals surface area contributed by atoms with Gasteiger partial charge in [0.1, 0.15) is 0 Å². The minimum absolute atomic E-state index is 0.184. The fourth-order valence-corrected chi connectivity index (χ4v) is 3.40. The minimum Gasteiger partial charge on any atom is -0.353 e. The fraction of sp³-hybridized carbons (Fsp3) is 0.882. The number of hydrogen-bond acceptors (Lipinski definition) is 3. The van der Waals surface area contributed by atoms with E-state index in [4.69, 9.17) is 0 Å². The summed E-state index contributed by atoms with van der Waals surface area (Å²) in [6, 6.07) is 1.08. The van der Waals surface area contributed by atoms with E-state index in [2.05, 4.69) is 32.3 Å². The molecule has 2 atom stereocenters. The van der Waals surface area contributed by atoms with Crippen LogP contribution in [0.3, 0.4) is 0 Å². The van der Waals surface area contributed by atoms with Crippen molar-refractivity contribution in [2.24, 2.45) is 10.9 Å². The van der Waals surface area contributed by atoms with Crippen LogP contribution in [0.15, 0.2) is 4.99 Å². The van der Waals surface area contributed by atoms with Crippen LogP contribution in [-0.2, 0) is 4.79 Å². The van der Waals surface area contributed by atoms with Crippen molar-refractivity contribution in [2.45, 2.75) is 51.1 Å². The van der Waals surface area contributed by atoms with Gasteiger partial charge in [0.2, 0.25) is 5.91 Å². The predicted molar refractivity (Wildman–Crippen MR) is 92.5 cm³/mol. The summed E-state index contributed by atoms with van der Waals surface area (Å²) in [6.45, 7) is 6.55. The third kappa shape index (κ3) is 4.83. The molecule has 3 aliphatic rings. The molecule has 1 aliphatic heterocycles. The Kier molecular flexibility index (Phi) is 5.41. The first kappa shape index (κ1) is 16.6. The lowest BCUT2D eigenvalue weighted by molar-refractivity contribution is -0.122. The lowest BCUT2D eigenvalue weighted by Gasteiger charge is -2.36. The topological polar surface area (TPSA) is 60.0 Å². The molecular formula is C17H31N5O. The van der Waals surface area contributed by atoms with Crippen LogP contribution in [0.4, 0.5) is 0 Å². The van der Waals surface area contributed by atoms with Gasteiger partial charge in [-0.15, -0.1) is 0 Å². The van der Waals surface area contributed by atoms with Gasteiger partial charge in [-0.1, -0.05) is 13.3 Å². The van der Waals surface area contributed by atoms with Crippen LogP contribution in [0, 0.1) is 5.92 Å². The number of carbonyl (C=O) groups is 1. The van der Waals surface area contributed by atoms with E-state index in [1.165, 1.54) is 19.3 Å². The second-order valence-electron chi connectivity index (χ2n) is 7.19. The van der Waals surface area contributed by atoms with Crippen molar-refractivity contribution in [3.8, 4) is 0 Å². The Bertz CT molecular complexity index is 440. The summed E-state index contributed by atoms with van der Waals surface area (Å²) < 4.78 is 0. The molecule has 0 spiro atoms. The van der Waals surface area contributed by atoms with Crippen molar-refractivity contribution >= 4 is 11.9 Å². The normalized spacial score (nSPS) is 28.6. The molecule has 0 bridgehead atoms. The summed E-state index contributed by atoms with van der Waals surface area (Å²) in [4.78, 5) is 20.9. The van der Waals surface area contributed by atoms with Gasteiger partial charge >= 0.3 is 0 Å². The Morgan fingerprint density at radius 2 is 1.91 bits per heavy atom. The van der Waals surface area contributed by atoms with Crippen LogP contribution in [0.2, 0.25) is 0 Å². The quantitative estimate of drug-likeness (QED) is 0.557. The number of guanidine groups is 1. The second kappa shape index (κ2) is 7.51. The first-order valence-corrected chi connectivity index (χ1v) is 9.19. The van der Waals surface area contributed by atoms with Crippen LogP contribution in [-0.4, -0.2) is 73.5 Å². The zero-order chi connectivity index (χ0) is 16.2. The van der Waals surface area contributed by atoms with Crippen molar-refractivity contribution in [1.82, 2.24) is 20.4 Å². The van der Waals surface area contributed by atoms with Gasteiger partial charge in [-0.05, 0) is 31.6 Å². The standard InChI is InChI=1S/C17H31N5O/c1-3-4-13-11-15(13)20-17(18-2)22-9-7-21(8-10-22)12-16(23)19-14-5-6-14/h13-15H,3-12H2,1-2H3,(H,18,20)(H,19,23). The average Bonchev–Trinajstić information content (AvgIpc) is 3.45. The van der Waals surface area contributed by atoms with Gasteiger partial charge in [-0.2, -0.15) is 0 Å². The van der Waals surface area contributed by atoms with Crippen molar-refractivity contribution in [3.05, 3.63) is 0 Å². The molecule has 1 amide bonds. The van der Waals surface area contributed by atoms with Gasteiger partial charge in [0.15, 0.2) is 5.96 Å². The monoisotopic (exact) mass is 321 g/mol. The number of aliphatic imine (C=N–C) groups is 1. The summed E-state index contributed by atoms with van der Waals surface area (Å²) >= 11 is 0. The largest absolute Gasteiger partial charge is 0.353 e. The van der Waals surface area contributed by atoms with E-state index in [9.17, 15) is 4.79 Å². The van der Waals surface area contributed by atoms with Gasteiger partial charge < -0.3 is 15.5 Å². The summed E-state index contributed by atoms with van der Waals surface area (Å²) in [5.74, 6) is 2.06. The molecule has 1 heterocycles. The van der Waals surface area contributed by atoms with E-state index < -0.39 is 0 Å². The van der Waals surface area contributed by atoms with Crippen molar-refractivity contribution < 1.29 is 4.79 Å². The molecule has 3 rings (SSSR count). The van der Waals surface area contributed by atoms with E-state index in [1.807, 2.05) is 7.05 Å². The molecule has 6 heteroatoms. The highest BCUT2D eigenvalue weighted by Crippen LogP contribution is 2.34. The number of hydrogen-bond donors (Lipinski definition) is 2. The van der Waals surface area contributed by atoms with E-state index >= 15 is 0 Å². The molecule has 2 N–H and O–H groups in total. The number of nitrogens with zero attached hydrogens (tertiary/aromatic N) is 3. The third-order valence-corrected chi connectivity index (χ3v) is 5.09. The molecule has 0 aromatic rings. The summed E-state index contributed by atoms with van der Waals surface area (Å²) in [5.41, 5.74) is 0. The maximum atomic E-state index is 11.9. The van der Waals surface area contributed by atoms with Gasteiger partial charge in [-0.3, -0.25) is 14.7 Å². The molecule has 0 aromatic heterocycles. The molecule has 2 aliphatic carbocycles. The number of rotatable bonds is 6. The summed E-state index contributed by atoms with van der Waals surface area (Å²) in [5, 5.41) is 6.68. The van der Waals surface area contributed by atoms with E-state index in [0.29, 0.717) is 18.6 Å². The van der Waals surface area contributed by atoms with Crippen LogP contribution < -0.4 is 10.6 Å². The Hall–Kier alpha value is -1.30.